The standard InChI is InChI=1S/C35H20S2/c1-3-16-29-24(10-1)26-13-7-15-28-32(26)35(29,30-18-19-36-34(28)30)22-9-5-8-21(20-22)23-12-6-14-27-25-11-2-4-17-31(25)37-33(23)27/h1-20H. The van der Waals surface area contributed by atoms with Gasteiger partial charge in [-0.2, -0.15) is 0 Å². The Morgan fingerprint density at radius 3 is 2.30 bits per heavy atom. The highest BCUT2D eigenvalue weighted by Crippen LogP contribution is 2.65. The Labute approximate surface area is 223 Å². The summed E-state index contributed by atoms with van der Waals surface area (Å²) in [4.78, 5) is 1.42. The number of rotatable bonds is 2. The zero-order valence-electron chi connectivity index (χ0n) is 19.9. The van der Waals surface area contributed by atoms with Crippen molar-refractivity contribution < 1.29 is 0 Å². The van der Waals surface area contributed by atoms with Crippen molar-refractivity contribution in [3.8, 4) is 32.7 Å². The normalized spacial score (nSPS) is 16.8. The Kier molecular flexibility index (Phi) is 3.84. The van der Waals surface area contributed by atoms with Crippen molar-refractivity contribution in [2.24, 2.45) is 0 Å². The van der Waals surface area contributed by atoms with Crippen LogP contribution in [-0.4, -0.2) is 0 Å². The number of thiophene rings is 2. The number of hydrogen-bond acceptors (Lipinski definition) is 2. The lowest BCUT2D eigenvalue weighted by Crippen LogP contribution is -2.25. The van der Waals surface area contributed by atoms with Gasteiger partial charge in [-0.15, -0.1) is 22.7 Å². The van der Waals surface area contributed by atoms with Gasteiger partial charge in [0, 0.05) is 25.0 Å². The van der Waals surface area contributed by atoms with E-state index in [2.05, 4.69) is 121 Å². The Balaban J connectivity index is 1.36. The molecule has 2 heteroatoms. The van der Waals surface area contributed by atoms with Crippen LogP contribution in [0.3, 0.4) is 0 Å². The molecule has 172 valence electrons. The lowest BCUT2D eigenvalue weighted by atomic mass is 9.70. The van der Waals surface area contributed by atoms with E-state index in [1.807, 2.05) is 22.7 Å². The van der Waals surface area contributed by atoms with E-state index in [-0.39, 0.29) is 5.41 Å². The molecule has 2 heterocycles. The van der Waals surface area contributed by atoms with Gasteiger partial charge in [0.1, 0.15) is 0 Å². The lowest BCUT2D eigenvalue weighted by molar-refractivity contribution is 0.795. The summed E-state index contributed by atoms with van der Waals surface area (Å²) in [5.41, 5.74) is 12.2. The van der Waals surface area contributed by atoms with Gasteiger partial charge < -0.3 is 0 Å². The van der Waals surface area contributed by atoms with Crippen LogP contribution in [0.15, 0.2) is 121 Å². The highest BCUT2D eigenvalue weighted by molar-refractivity contribution is 7.26. The van der Waals surface area contributed by atoms with Gasteiger partial charge in [0.2, 0.25) is 0 Å². The molecule has 0 saturated heterocycles. The minimum Gasteiger partial charge on any atom is -0.143 e. The first-order valence-electron chi connectivity index (χ1n) is 12.7. The van der Waals surface area contributed by atoms with Crippen molar-refractivity contribution in [1.82, 2.24) is 0 Å². The van der Waals surface area contributed by atoms with Gasteiger partial charge in [0.15, 0.2) is 0 Å². The fourth-order valence-corrected chi connectivity index (χ4v) is 9.22. The molecule has 2 aliphatic carbocycles. The summed E-state index contributed by atoms with van der Waals surface area (Å²) in [7, 11) is 0. The molecule has 1 atom stereocenters. The zero-order valence-corrected chi connectivity index (χ0v) is 21.5. The predicted molar refractivity (Wildman–Crippen MR) is 159 cm³/mol. The zero-order chi connectivity index (χ0) is 24.1. The molecule has 0 amide bonds. The highest BCUT2D eigenvalue weighted by Gasteiger charge is 2.52. The molecule has 0 nitrogen and oxygen atoms in total. The van der Waals surface area contributed by atoms with Crippen LogP contribution in [0.1, 0.15) is 22.3 Å². The van der Waals surface area contributed by atoms with E-state index in [4.69, 9.17) is 0 Å². The lowest BCUT2D eigenvalue weighted by Gasteiger charge is -2.30. The quantitative estimate of drug-likeness (QED) is 0.220. The molecular formula is C35H20S2. The second kappa shape index (κ2) is 7.07. The summed E-state index contributed by atoms with van der Waals surface area (Å²) < 4.78 is 2.72. The number of hydrogen-bond donors (Lipinski definition) is 0. The minimum atomic E-state index is -0.262. The average molecular weight is 505 g/mol. The summed E-state index contributed by atoms with van der Waals surface area (Å²) in [5.74, 6) is 0. The third-order valence-electron chi connectivity index (χ3n) is 8.39. The summed E-state index contributed by atoms with van der Waals surface area (Å²) in [6.07, 6.45) is 0. The molecule has 2 aliphatic rings. The second-order valence-electron chi connectivity index (χ2n) is 10.0. The van der Waals surface area contributed by atoms with Crippen LogP contribution >= 0.6 is 22.7 Å². The van der Waals surface area contributed by atoms with Gasteiger partial charge >= 0.3 is 0 Å². The van der Waals surface area contributed by atoms with E-state index in [9.17, 15) is 0 Å². The van der Waals surface area contributed by atoms with Crippen LogP contribution in [-0.2, 0) is 5.41 Å². The van der Waals surface area contributed by atoms with Crippen LogP contribution in [0.4, 0.5) is 0 Å². The van der Waals surface area contributed by atoms with Crippen LogP contribution < -0.4 is 0 Å². The fourth-order valence-electron chi connectivity index (χ4n) is 6.99. The first kappa shape index (κ1) is 20.1. The van der Waals surface area contributed by atoms with Crippen LogP contribution in [0.5, 0.6) is 0 Å². The maximum absolute atomic E-state index is 2.47. The Morgan fingerprint density at radius 2 is 1.30 bits per heavy atom. The Bertz CT molecular complexity index is 2050. The van der Waals surface area contributed by atoms with Crippen molar-refractivity contribution in [3.63, 3.8) is 0 Å². The predicted octanol–water partition coefficient (Wildman–Crippen LogP) is 10.1. The van der Waals surface area contributed by atoms with Crippen LogP contribution in [0.25, 0.3) is 52.9 Å². The number of benzene rings is 5. The molecule has 9 rings (SSSR count). The molecule has 37 heavy (non-hydrogen) atoms. The first-order chi connectivity index (χ1) is 18.4. The van der Waals surface area contributed by atoms with E-state index < -0.39 is 0 Å². The largest absolute Gasteiger partial charge is 0.143 e. The highest BCUT2D eigenvalue weighted by atomic mass is 32.1. The molecule has 0 spiro atoms. The minimum absolute atomic E-state index is 0.262. The second-order valence-corrected chi connectivity index (χ2v) is 12.0. The van der Waals surface area contributed by atoms with E-state index in [1.165, 1.54) is 75.1 Å². The van der Waals surface area contributed by atoms with E-state index >= 15 is 0 Å². The van der Waals surface area contributed by atoms with Gasteiger partial charge in [-0.05, 0) is 73.7 Å². The van der Waals surface area contributed by atoms with Crippen LogP contribution in [0.2, 0.25) is 0 Å². The Morgan fingerprint density at radius 1 is 0.541 bits per heavy atom. The third kappa shape index (κ3) is 2.38. The van der Waals surface area contributed by atoms with E-state index in [0.29, 0.717) is 0 Å². The molecule has 1 unspecified atom stereocenters. The van der Waals surface area contributed by atoms with Crippen molar-refractivity contribution in [2.45, 2.75) is 5.41 Å². The molecule has 0 N–H and O–H groups in total. The van der Waals surface area contributed by atoms with Gasteiger partial charge in [-0.3, -0.25) is 0 Å². The Hall–Kier alpha value is -3.98. The molecule has 2 aromatic heterocycles. The monoisotopic (exact) mass is 504 g/mol. The molecule has 5 aromatic carbocycles. The summed E-state index contributed by atoms with van der Waals surface area (Å²) >= 11 is 3.78. The topological polar surface area (TPSA) is 0 Å². The molecule has 7 aromatic rings. The summed E-state index contributed by atoms with van der Waals surface area (Å²) in [6, 6.07) is 43.2. The van der Waals surface area contributed by atoms with Crippen molar-refractivity contribution in [1.29, 1.82) is 0 Å². The van der Waals surface area contributed by atoms with Crippen molar-refractivity contribution >= 4 is 42.8 Å². The molecule has 0 fully saturated rings. The fraction of sp³-hybridized carbons (Fsp3) is 0.0286. The maximum Gasteiger partial charge on any atom is 0.0734 e. The third-order valence-corrected chi connectivity index (χ3v) is 10.6. The van der Waals surface area contributed by atoms with E-state index in [1.54, 1.807) is 0 Å². The van der Waals surface area contributed by atoms with Crippen molar-refractivity contribution in [2.75, 3.05) is 0 Å². The smallest absolute Gasteiger partial charge is 0.0734 e. The summed E-state index contributed by atoms with van der Waals surface area (Å²) in [5, 5.41) is 4.97. The number of fused-ring (bicyclic) bond motifs is 9. The molecule has 0 aliphatic heterocycles. The van der Waals surface area contributed by atoms with Crippen molar-refractivity contribution in [3.05, 3.63) is 143 Å². The molecule has 0 bridgehead atoms. The first-order valence-corrected chi connectivity index (χ1v) is 14.4. The molecule has 0 saturated carbocycles. The van der Waals surface area contributed by atoms with Gasteiger partial charge in [0.05, 0.1) is 5.41 Å². The van der Waals surface area contributed by atoms with Gasteiger partial charge in [0.25, 0.3) is 0 Å². The van der Waals surface area contributed by atoms with Gasteiger partial charge in [-0.1, -0.05) is 97.1 Å². The average Bonchev–Trinajstić information content (AvgIpc) is 3.70. The van der Waals surface area contributed by atoms with E-state index in [0.717, 1.165) is 0 Å². The molecular weight excluding hydrogens is 485 g/mol. The van der Waals surface area contributed by atoms with Gasteiger partial charge in [-0.25, -0.2) is 0 Å². The SMILES string of the molecule is c1cc(-c2cccc3c2sc2ccccc23)cc(C23c4ccccc4-c4cccc(c42)-c2sccc23)c1. The maximum atomic E-state index is 2.47. The summed E-state index contributed by atoms with van der Waals surface area (Å²) in [6.45, 7) is 0. The molecule has 0 radical (unpaired) electrons. The van der Waals surface area contributed by atoms with Crippen LogP contribution in [0, 0.1) is 0 Å².